The molecule has 20 heavy (non-hydrogen) atoms. The fourth-order valence-corrected chi connectivity index (χ4v) is 2.75. The van der Waals surface area contributed by atoms with Crippen LogP contribution in [0.2, 0.25) is 0 Å². The Balaban J connectivity index is 2.95. The number of amides is 1. The van der Waals surface area contributed by atoms with Crippen LogP contribution in [0.5, 0.6) is 0 Å². The Kier molecular flexibility index (Phi) is 5.25. The van der Waals surface area contributed by atoms with E-state index < -0.39 is 10.0 Å². The summed E-state index contributed by atoms with van der Waals surface area (Å²) in [6, 6.07) is 6.30. The van der Waals surface area contributed by atoms with Crippen LogP contribution in [0.4, 0.5) is 0 Å². The van der Waals surface area contributed by atoms with E-state index in [4.69, 9.17) is 5.26 Å². The number of likely N-dealkylation sites (N-methyl/N-ethyl adjacent to an activating group) is 1. The van der Waals surface area contributed by atoms with Crippen molar-refractivity contribution in [2.75, 3.05) is 20.1 Å². The molecule has 1 N–H and O–H groups in total. The third-order valence-corrected chi connectivity index (χ3v) is 4.46. The van der Waals surface area contributed by atoms with Crippen molar-refractivity contribution < 1.29 is 13.2 Å². The van der Waals surface area contributed by atoms with Gasteiger partial charge >= 0.3 is 0 Å². The first-order valence-corrected chi connectivity index (χ1v) is 7.54. The van der Waals surface area contributed by atoms with Crippen LogP contribution < -0.4 is 4.72 Å². The summed E-state index contributed by atoms with van der Waals surface area (Å²) in [6.07, 6.45) is 0. The second-order valence-electron chi connectivity index (χ2n) is 4.32. The van der Waals surface area contributed by atoms with Gasteiger partial charge in [0.2, 0.25) is 15.9 Å². The molecule has 0 aliphatic rings. The fourth-order valence-electron chi connectivity index (χ4n) is 1.50. The van der Waals surface area contributed by atoms with E-state index in [1.54, 1.807) is 33.0 Å². The van der Waals surface area contributed by atoms with Gasteiger partial charge in [-0.15, -0.1) is 0 Å². The molecule has 108 valence electrons. The highest BCUT2D eigenvalue weighted by Crippen LogP contribution is 2.16. The molecule has 7 heteroatoms. The number of nitrogens with zero attached hydrogens (tertiary/aromatic N) is 2. The van der Waals surface area contributed by atoms with Crippen LogP contribution in [0.25, 0.3) is 0 Å². The molecule has 1 rings (SSSR count). The molecule has 1 aromatic rings. The van der Waals surface area contributed by atoms with Crippen molar-refractivity contribution in [1.82, 2.24) is 9.62 Å². The lowest BCUT2D eigenvalue weighted by atomic mass is 10.2. The summed E-state index contributed by atoms with van der Waals surface area (Å²) in [6.45, 7) is 3.63. The van der Waals surface area contributed by atoms with Crippen molar-refractivity contribution in [3.05, 3.63) is 29.3 Å². The zero-order valence-electron chi connectivity index (χ0n) is 11.7. The third-order valence-electron chi connectivity index (χ3n) is 2.92. The standard InChI is InChI=1S/C13H17N3O3S/c1-4-16(3)13(17)9-15-20(18,19)12-7-11(8-14)6-5-10(12)2/h5-7,15H,4,9H2,1-3H3. The second-order valence-corrected chi connectivity index (χ2v) is 6.06. The summed E-state index contributed by atoms with van der Waals surface area (Å²) in [5, 5.41) is 8.82. The van der Waals surface area contributed by atoms with E-state index in [9.17, 15) is 13.2 Å². The molecule has 0 fully saturated rings. The summed E-state index contributed by atoms with van der Waals surface area (Å²) in [5.74, 6) is -0.315. The van der Waals surface area contributed by atoms with Gasteiger partial charge in [0.15, 0.2) is 0 Å². The third kappa shape index (κ3) is 3.79. The molecule has 0 atom stereocenters. The average molecular weight is 295 g/mol. The molecule has 1 aromatic carbocycles. The van der Waals surface area contributed by atoms with E-state index in [0.717, 1.165) is 0 Å². The number of benzene rings is 1. The number of carbonyl (C=O) groups excluding carboxylic acids is 1. The second kappa shape index (κ2) is 6.50. The minimum absolute atomic E-state index is 0.0171. The first-order valence-electron chi connectivity index (χ1n) is 6.06. The number of carbonyl (C=O) groups is 1. The largest absolute Gasteiger partial charge is 0.345 e. The maximum absolute atomic E-state index is 12.1. The fraction of sp³-hybridized carbons (Fsp3) is 0.385. The number of nitriles is 1. The van der Waals surface area contributed by atoms with Crippen molar-refractivity contribution in [2.45, 2.75) is 18.7 Å². The van der Waals surface area contributed by atoms with Crippen molar-refractivity contribution in [3.63, 3.8) is 0 Å². The van der Waals surface area contributed by atoms with Gasteiger partial charge in [-0.25, -0.2) is 13.1 Å². The summed E-state index contributed by atoms with van der Waals surface area (Å²) in [7, 11) is -2.21. The Bertz CT molecular complexity index is 647. The van der Waals surface area contributed by atoms with Crippen LogP contribution in [0.3, 0.4) is 0 Å². The summed E-state index contributed by atoms with van der Waals surface area (Å²) in [5.41, 5.74) is 0.778. The minimum atomic E-state index is -3.81. The SMILES string of the molecule is CCN(C)C(=O)CNS(=O)(=O)c1cc(C#N)ccc1C. The van der Waals surface area contributed by atoms with Crippen molar-refractivity contribution >= 4 is 15.9 Å². The Labute approximate surface area is 119 Å². The van der Waals surface area contributed by atoms with Gasteiger partial charge in [0.1, 0.15) is 0 Å². The summed E-state index contributed by atoms with van der Waals surface area (Å²) >= 11 is 0. The number of rotatable bonds is 5. The maximum Gasteiger partial charge on any atom is 0.241 e. The Morgan fingerprint density at radius 2 is 2.10 bits per heavy atom. The molecule has 0 bridgehead atoms. The molecule has 0 radical (unpaired) electrons. The Hall–Kier alpha value is -1.91. The lowest BCUT2D eigenvalue weighted by Crippen LogP contribution is -2.38. The molecule has 0 saturated carbocycles. The molecular formula is C13H17N3O3S. The van der Waals surface area contributed by atoms with Gasteiger partial charge in [-0.2, -0.15) is 5.26 Å². The van der Waals surface area contributed by atoms with Gasteiger partial charge in [0.25, 0.3) is 0 Å². The highest BCUT2D eigenvalue weighted by molar-refractivity contribution is 7.89. The van der Waals surface area contributed by atoms with Gasteiger partial charge in [-0.3, -0.25) is 4.79 Å². The average Bonchev–Trinajstić information content (AvgIpc) is 2.44. The van der Waals surface area contributed by atoms with E-state index >= 15 is 0 Å². The zero-order valence-corrected chi connectivity index (χ0v) is 12.5. The van der Waals surface area contributed by atoms with E-state index in [1.165, 1.54) is 11.0 Å². The van der Waals surface area contributed by atoms with Crippen LogP contribution >= 0.6 is 0 Å². The molecule has 6 nitrogen and oxygen atoms in total. The molecule has 0 heterocycles. The number of aryl methyl sites for hydroxylation is 1. The molecule has 1 amide bonds. The minimum Gasteiger partial charge on any atom is -0.345 e. The highest BCUT2D eigenvalue weighted by atomic mass is 32.2. The highest BCUT2D eigenvalue weighted by Gasteiger charge is 2.19. The first kappa shape index (κ1) is 16.1. The van der Waals surface area contributed by atoms with E-state index in [1.807, 2.05) is 6.07 Å². The van der Waals surface area contributed by atoms with Crippen LogP contribution in [0.1, 0.15) is 18.1 Å². The summed E-state index contributed by atoms with van der Waals surface area (Å²) < 4.78 is 26.5. The summed E-state index contributed by atoms with van der Waals surface area (Å²) in [4.78, 5) is 13.0. The lowest BCUT2D eigenvalue weighted by molar-refractivity contribution is -0.128. The Morgan fingerprint density at radius 1 is 1.45 bits per heavy atom. The van der Waals surface area contributed by atoms with Gasteiger partial charge in [0, 0.05) is 13.6 Å². The topological polar surface area (TPSA) is 90.3 Å². The maximum atomic E-state index is 12.1. The molecule has 0 aliphatic heterocycles. The molecule has 0 aliphatic carbocycles. The van der Waals surface area contributed by atoms with Crippen molar-refractivity contribution in [1.29, 1.82) is 5.26 Å². The number of hydrogen-bond acceptors (Lipinski definition) is 4. The van der Waals surface area contributed by atoms with Crippen LogP contribution in [-0.2, 0) is 14.8 Å². The predicted molar refractivity (Wildman–Crippen MR) is 74.4 cm³/mol. The Morgan fingerprint density at radius 3 is 2.65 bits per heavy atom. The van der Waals surface area contributed by atoms with Crippen molar-refractivity contribution in [3.8, 4) is 6.07 Å². The quantitative estimate of drug-likeness (QED) is 0.862. The number of sulfonamides is 1. The monoisotopic (exact) mass is 295 g/mol. The van der Waals surface area contributed by atoms with Crippen LogP contribution in [-0.4, -0.2) is 39.4 Å². The van der Waals surface area contributed by atoms with Gasteiger partial charge < -0.3 is 4.90 Å². The molecular weight excluding hydrogens is 278 g/mol. The van der Waals surface area contributed by atoms with Crippen LogP contribution in [0.15, 0.2) is 23.1 Å². The molecule has 0 saturated heterocycles. The smallest absolute Gasteiger partial charge is 0.241 e. The number of hydrogen-bond donors (Lipinski definition) is 1. The first-order chi connectivity index (χ1) is 9.31. The molecule has 0 unspecified atom stereocenters. The van der Waals surface area contributed by atoms with E-state index in [2.05, 4.69) is 4.72 Å². The van der Waals surface area contributed by atoms with E-state index in [0.29, 0.717) is 12.1 Å². The lowest BCUT2D eigenvalue weighted by Gasteiger charge is -2.15. The van der Waals surface area contributed by atoms with Gasteiger partial charge in [0.05, 0.1) is 23.1 Å². The van der Waals surface area contributed by atoms with Gasteiger partial charge in [-0.1, -0.05) is 6.07 Å². The molecule has 0 aromatic heterocycles. The normalized spacial score (nSPS) is 10.9. The van der Waals surface area contributed by atoms with Gasteiger partial charge in [-0.05, 0) is 31.5 Å². The zero-order chi connectivity index (χ0) is 15.3. The van der Waals surface area contributed by atoms with Crippen molar-refractivity contribution in [2.24, 2.45) is 0 Å². The molecule has 0 spiro atoms. The van der Waals surface area contributed by atoms with Crippen LogP contribution in [0, 0.1) is 18.3 Å². The predicted octanol–water partition coefficient (Wildman–Crippen LogP) is 0.623. The van der Waals surface area contributed by atoms with E-state index in [-0.39, 0.29) is 22.9 Å². The number of nitrogens with one attached hydrogen (secondary N) is 1.